The molecule has 1 aromatic carbocycles. The van der Waals surface area contributed by atoms with E-state index in [0.29, 0.717) is 17.1 Å². The van der Waals surface area contributed by atoms with Gasteiger partial charge in [-0.25, -0.2) is 4.98 Å². The van der Waals surface area contributed by atoms with E-state index in [1.54, 1.807) is 6.07 Å². The summed E-state index contributed by atoms with van der Waals surface area (Å²) in [4.78, 5) is 4.14. The lowest BCUT2D eigenvalue weighted by atomic mass is 10.2. The molecule has 0 aliphatic heterocycles. The fourth-order valence-electron chi connectivity index (χ4n) is 1.52. The van der Waals surface area contributed by atoms with Gasteiger partial charge in [0.15, 0.2) is 0 Å². The molecule has 18 heavy (non-hydrogen) atoms. The molecule has 0 unspecified atom stereocenters. The van der Waals surface area contributed by atoms with Gasteiger partial charge in [0.2, 0.25) is 0 Å². The SMILES string of the molecule is Cc1ccc(Br)cc1Nc1ncc(N)cc1C#N. The number of aryl methyl sites for hydroxylation is 1. The summed E-state index contributed by atoms with van der Waals surface area (Å²) in [6.07, 6.45) is 1.52. The minimum atomic E-state index is 0.425. The van der Waals surface area contributed by atoms with Gasteiger partial charge < -0.3 is 11.1 Å². The van der Waals surface area contributed by atoms with Crippen molar-refractivity contribution in [2.24, 2.45) is 0 Å². The zero-order valence-corrected chi connectivity index (χ0v) is 11.3. The van der Waals surface area contributed by atoms with Gasteiger partial charge in [0.1, 0.15) is 11.9 Å². The molecule has 90 valence electrons. The number of nitriles is 1. The highest BCUT2D eigenvalue weighted by atomic mass is 79.9. The van der Waals surface area contributed by atoms with Crippen molar-refractivity contribution >= 4 is 33.1 Å². The Balaban J connectivity index is 2.40. The van der Waals surface area contributed by atoms with Gasteiger partial charge in [0.05, 0.1) is 17.4 Å². The van der Waals surface area contributed by atoms with Gasteiger partial charge in [-0.05, 0) is 30.7 Å². The molecule has 0 radical (unpaired) electrons. The Morgan fingerprint density at radius 3 is 2.89 bits per heavy atom. The monoisotopic (exact) mass is 302 g/mol. The molecule has 3 N–H and O–H groups in total. The van der Waals surface area contributed by atoms with E-state index >= 15 is 0 Å². The quantitative estimate of drug-likeness (QED) is 0.892. The van der Waals surface area contributed by atoms with Crippen molar-refractivity contribution in [1.29, 1.82) is 5.26 Å². The fourth-order valence-corrected chi connectivity index (χ4v) is 1.88. The molecule has 0 saturated carbocycles. The molecule has 1 aromatic heterocycles. The highest BCUT2D eigenvalue weighted by Crippen LogP contribution is 2.25. The molecule has 0 aliphatic carbocycles. The first kappa shape index (κ1) is 12.4. The minimum absolute atomic E-state index is 0.425. The average molecular weight is 303 g/mol. The van der Waals surface area contributed by atoms with Crippen molar-refractivity contribution in [2.45, 2.75) is 6.92 Å². The van der Waals surface area contributed by atoms with Crippen molar-refractivity contribution in [1.82, 2.24) is 4.98 Å². The summed E-state index contributed by atoms with van der Waals surface area (Å²) in [7, 11) is 0. The van der Waals surface area contributed by atoms with Crippen molar-refractivity contribution in [3.63, 3.8) is 0 Å². The summed E-state index contributed by atoms with van der Waals surface area (Å²) in [6, 6.07) is 9.56. The number of nitrogen functional groups attached to an aromatic ring is 1. The summed E-state index contributed by atoms with van der Waals surface area (Å²) >= 11 is 3.41. The number of benzene rings is 1. The Morgan fingerprint density at radius 2 is 2.17 bits per heavy atom. The van der Waals surface area contributed by atoms with E-state index in [0.717, 1.165) is 15.7 Å². The van der Waals surface area contributed by atoms with Gasteiger partial charge in [-0.1, -0.05) is 22.0 Å². The Labute approximate surface area is 114 Å². The maximum Gasteiger partial charge on any atom is 0.148 e. The molecule has 0 atom stereocenters. The molecule has 1 heterocycles. The molecular weight excluding hydrogens is 292 g/mol. The first-order valence-electron chi connectivity index (χ1n) is 5.29. The minimum Gasteiger partial charge on any atom is -0.397 e. The summed E-state index contributed by atoms with van der Waals surface area (Å²) in [5.41, 5.74) is 8.47. The van der Waals surface area contributed by atoms with Crippen LogP contribution in [0, 0.1) is 18.3 Å². The maximum absolute atomic E-state index is 9.05. The van der Waals surface area contributed by atoms with Gasteiger partial charge >= 0.3 is 0 Å². The van der Waals surface area contributed by atoms with Crippen LogP contribution in [0.1, 0.15) is 11.1 Å². The summed E-state index contributed by atoms with van der Waals surface area (Å²) in [5, 5.41) is 12.2. The molecule has 2 aromatic rings. The average Bonchev–Trinajstić information content (AvgIpc) is 2.36. The number of hydrogen-bond donors (Lipinski definition) is 2. The molecule has 0 fully saturated rings. The van der Waals surface area contributed by atoms with Gasteiger partial charge in [0, 0.05) is 10.2 Å². The second-order valence-electron chi connectivity index (χ2n) is 3.86. The molecular formula is C13H11BrN4. The van der Waals surface area contributed by atoms with Gasteiger partial charge in [0.25, 0.3) is 0 Å². The number of nitrogens with one attached hydrogen (secondary N) is 1. The van der Waals surface area contributed by atoms with Crippen molar-refractivity contribution in [3.05, 3.63) is 46.1 Å². The normalized spacial score (nSPS) is 9.83. The molecule has 0 aliphatic rings. The third kappa shape index (κ3) is 2.60. The van der Waals surface area contributed by atoms with E-state index in [1.807, 2.05) is 25.1 Å². The van der Waals surface area contributed by atoms with Crippen LogP contribution in [-0.4, -0.2) is 4.98 Å². The molecule has 2 rings (SSSR count). The van der Waals surface area contributed by atoms with E-state index in [-0.39, 0.29) is 0 Å². The highest BCUT2D eigenvalue weighted by Gasteiger charge is 2.06. The first-order chi connectivity index (χ1) is 8.60. The third-order valence-electron chi connectivity index (χ3n) is 2.48. The van der Waals surface area contributed by atoms with E-state index in [1.165, 1.54) is 6.20 Å². The third-order valence-corrected chi connectivity index (χ3v) is 2.98. The van der Waals surface area contributed by atoms with Crippen molar-refractivity contribution < 1.29 is 0 Å². The number of nitrogens with two attached hydrogens (primary N) is 1. The van der Waals surface area contributed by atoms with Gasteiger partial charge in [-0.3, -0.25) is 0 Å². The number of halogens is 1. The lowest BCUT2D eigenvalue weighted by molar-refractivity contribution is 1.28. The van der Waals surface area contributed by atoms with Crippen LogP contribution in [0.3, 0.4) is 0 Å². The van der Waals surface area contributed by atoms with Crippen LogP contribution >= 0.6 is 15.9 Å². The van der Waals surface area contributed by atoms with Crippen molar-refractivity contribution in [2.75, 3.05) is 11.1 Å². The number of pyridine rings is 1. The molecule has 0 amide bonds. The highest BCUT2D eigenvalue weighted by molar-refractivity contribution is 9.10. The summed E-state index contributed by atoms with van der Waals surface area (Å²) in [6.45, 7) is 1.98. The Morgan fingerprint density at radius 1 is 1.39 bits per heavy atom. The second kappa shape index (κ2) is 5.07. The van der Waals surface area contributed by atoms with Crippen LogP contribution in [0.5, 0.6) is 0 Å². The molecule has 0 saturated heterocycles. The fraction of sp³-hybridized carbons (Fsp3) is 0.0769. The standard InChI is InChI=1S/C13H11BrN4/c1-8-2-3-10(14)5-12(8)18-13-9(6-15)4-11(16)7-17-13/h2-5,7H,16H2,1H3,(H,17,18). The van der Waals surface area contributed by atoms with Gasteiger partial charge in [-0.2, -0.15) is 5.26 Å². The van der Waals surface area contributed by atoms with Gasteiger partial charge in [-0.15, -0.1) is 0 Å². The van der Waals surface area contributed by atoms with Crippen LogP contribution < -0.4 is 11.1 Å². The van der Waals surface area contributed by atoms with Crippen LogP contribution in [0.25, 0.3) is 0 Å². The number of nitrogens with zero attached hydrogens (tertiary/aromatic N) is 2. The molecule has 4 nitrogen and oxygen atoms in total. The predicted molar refractivity (Wildman–Crippen MR) is 75.5 cm³/mol. The maximum atomic E-state index is 9.05. The molecule has 0 spiro atoms. The Bertz CT molecular complexity index is 631. The number of anilines is 3. The topological polar surface area (TPSA) is 74.7 Å². The van der Waals surface area contributed by atoms with E-state index in [2.05, 4.69) is 32.3 Å². The Hall–Kier alpha value is -2.06. The summed E-state index contributed by atoms with van der Waals surface area (Å²) < 4.78 is 0.963. The summed E-state index contributed by atoms with van der Waals surface area (Å²) in [5.74, 6) is 0.507. The van der Waals surface area contributed by atoms with Crippen LogP contribution in [0.4, 0.5) is 17.2 Å². The van der Waals surface area contributed by atoms with Crippen LogP contribution in [-0.2, 0) is 0 Å². The smallest absolute Gasteiger partial charge is 0.148 e. The predicted octanol–water partition coefficient (Wildman–Crippen LogP) is 3.35. The number of aromatic nitrogens is 1. The van der Waals surface area contributed by atoms with E-state index < -0.39 is 0 Å². The van der Waals surface area contributed by atoms with Crippen LogP contribution in [0.15, 0.2) is 34.9 Å². The lowest BCUT2D eigenvalue weighted by Crippen LogP contribution is -2.00. The van der Waals surface area contributed by atoms with E-state index in [4.69, 9.17) is 11.0 Å². The number of rotatable bonds is 2. The first-order valence-corrected chi connectivity index (χ1v) is 6.08. The lowest BCUT2D eigenvalue weighted by Gasteiger charge is -2.10. The molecule has 5 heteroatoms. The zero-order valence-electron chi connectivity index (χ0n) is 9.74. The Kier molecular flexibility index (Phi) is 3.49. The van der Waals surface area contributed by atoms with Crippen molar-refractivity contribution in [3.8, 4) is 6.07 Å². The second-order valence-corrected chi connectivity index (χ2v) is 4.78. The molecule has 0 bridgehead atoms. The zero-order chi connectivity index (χ0) is 13.1. The van der Waals surface area contributed by atoms with Crippen LogP contribution in [0.2, 0.25) is 0 Å². The number of hydrogen-bond acceptors (Lipinski definition) is 4. The van der Waals surface area contributed by atoms with E-state index in [9.17, 15) is 0 Å². The largest absolute Gasteiger partial charge is 0.397 e.